The summed E-state index contributed by atoms with van der Waals surface area (Å²) in [6.45, 7) is 5.98. The SMILES string of the molecule is CCC(CN1CCC(Cc2ccccc2)(C(=O)OC)CC1)NCc1ccc2ccccc2c1. The zero-order chi connectivity index (χ0) is 23.1. The summed E-state index contributed by atoms with van der Waals surface area (Å²) in [6.07, 6.45) is 3.52. The number of ether oxygens (including phenoxy) is 1. The molecule has 1 aliphatic rings. The van der Waals surface area contributed by atoms with Crippen LogP contribution in [0.3, 0.4) is 0 Å². The molecule has 1 atom stereocenters. The van der Waals surface area contributed by atoms with Crippen molar-refractivity contribution in [1.29, 1.82) is 0 Å². The third-order valence-electron chi connectivity index (χ3n) is 7.20. The Morgan fingerprint density at radius 3 is 2.36 bits per heavy atom. The highest BCUT2D eigenvalue weighted by molar-refractivity contribution is 5.83. The summed E-state index contributed by atoms with van der Waals surface area (Å²) in [6, 6.07) is 26.0. The number of hydrogen-bond acceptors (Lipinski definition) is 4. The first-order chi connectivity index (χ1) is 16.1. The minimum absolute atomic E-state index is 0.0625. The highest BCUT2D eigenvalue weighted by Crippen LogP contribution is 2.36. The van der Waals surface area contributed by atoms with Gasteiger partial charge in [-0.2, -0.15) is 0 Å². The molecule has 0 aromatic heterocycles. The van der Waals surface area contributed by atoms with Crippen LogP contribution in [0.5, 0.6) is 0 Å². The molecule has 1 heterocycles. The zero-order valence-electron chi connectivity index (χ0n) is 19.9. The van der Waals surface area contributed by atoms with Gasteiger partial charge in [-0.1, -0.05) is 73.7 Å². The second-order valence-electron chi connectivity index (χ2n) is 9.40. The number of piperidine rings is 1. The number of rotatable bonds is 9. The van der Waals surface area contributed by atoms with Crippen molar-refractivity contribution in [3.8, 4) is 0 Å². The number of likely N-dealkylation sites (tertiary alicyclic amines) is 1. The lowest BCUT2D eigenvalue weighted by molar-refractivity contribution is -0.156. The molecule has 4 heteroatoms. The van der Waals surface area contributed by atoms with E-state index in [4.69, 9.17) is 4.74 Å². The van der Waals surface area contributed by atoms with Crippen LogP contribution in [-0.2, 0) is 22.5 Å². The third-order valence-corrected chi connectivity index (χ3v) is 7.20. The first kappa shape index (κ1) is 23.5. The number of benzene rings is 3. The Bertz CT molecular complexity index is 1040. The van der Waals surface area contributed by atoms with E-state index in [1.807, 2.05) is 18.2 Å². The van der Waals surface area contributed by atoms with Crippen LogP contribution in [0.4, 0.5) is 0 Å². The molecule has 0 aliphatic carbocycles. The number of esters is 1. The summed E-state index contributed by atoms with van der Waals surface area (Å²) in [5, 5.41) is 6.33. The summed E-state index contributed by atoms with van der Waals surface area (Å²) in [5.74, 6) is -0.0625. The number of hydrogen-bond donors (Lipinski definition) is 1. The van der Waals surface area contributed by atoms with Crippen LogP contribution in [-0.4, -0.2) is 43.7 Å². The number of carbonyl (C=O) groups is 1. The molecule has 1 saturated heterocycles. The van der Waals surface area contributed by atoms with Crippen molar-refractivity contribution < 1.29 is 9.53 Å². The highest BCUT2D eigenvalue weighted by Gasteiger charge is 2.42. The normalized spacial score (nSPS) is 17.0. The predicted octanol–water partition coefficient (Wildman–Crippen LogP) is 5.21. The summed E-state index contributed by atoms with van der Waals surface area (Å²) < 4.78 is 5.25. The van der Waals surface area contributed by atoms with Gasteiger partial charge in [0.05, 0.1) is 12.5 Å². The van der Waals surface area contributed by atoms with Crippen molar-refractivity contribution in [2.75, 3.05) is 26.7 Å². The zero-order valence-corrected chi connectivity index (χ0v) is 19.9. The predicted molar refractivity (Wildman–Crippen MR) is 135 cm³/mol. The Morgan fingerprint density at radius 1 is 0.970 bits per heavy atom. The maximum absolute atomic E-state index is 12.8. The Balaban J connectivity index is 1.33. The molecular formula is C29H36N2O2. The molecule has 0 radical (unpaired) electrons. The van der Waals surface area contributed by atoms with Gasteiger partial charge < -0.3 is 15.0 Å². The Morgan fingerprint density at radius 2 is 1.67 bits per heavy atom. The number of nitrogens with zero attached hydrogens (tertiary/aromatic N) is 1. The fraction of sp³-hybridized carbons (Fsp3) is 0.414. The van der Waals surface area contributed by atoms with Gasteiger partial charge in [-0.3, -0.25) is 4.79 Å². The van der Waals surface area contributed by atoms with Gasteiger partial charge in [-0.25, -0.2) is 0 Å². The first-order valence-corrected chi connectivity index (χ1v) is 12.2. The quantitative estimate of drug-likeness (QED) is 0.460. The van der Waals surface area contributed by atoms with Crippen molar-refractivity contribution in [1.82, 2.24) is 10.2 Å². The fourth-order valence-corrected chi connectivity index (χ4v) is 5.08. The lowest BCUT2D eigenvalue weighted by Gasteiger charge is -2.41. The van der Waals surface area contributed by atoms with Crippen LogP contribution in [0.25, 0.3) is 10.8 Å². The van der Waals surface area contributed by atoms with E-state index in [1.54, 1.807) is 0 Å². The van der Waals surface area contributed by atoms with Crippen molar-refractivity contribution in [2.24, 2.45) is 5.41 Å². The Labute approximate surface area is 197 Å². The molecule has 1 unspecified atom stereocenters. The molecule has 0 spiro atoms. The van der Waals surface area contributed by atoms with Crippen molar-refractivity contribution in [2.45, 2.75) is 45.2 Å². The van der Waals surface area contributed by atoms with Gasteiger partial charge in [0.25, 0.3) is 0 Å². The molecule has 4 rings (SSSR count). The van der Waals surface area contributed by atoms with Gasteiger partial charge >= 0.3 is 5.97 Å². The summed E-state index contributed by atoms with van der Waals surface area (Å²) in [4.78, 5) is 15.3. The average molecular weight is 445 g/mol. The van der Waals surface area contributed by atoms with Crippen LogP contribution in [0.2, 0.25) is 0 Å². The van der Waals surface area contributed by atoms with Crippen molar-refractivity contribution in [3.63, 3.8) is 0 Å². The largest absolute Gasteiger partial charge is 0.469 e. The van der Waals surface area contributed by atoms with Gasteiger partial charge in [0.15, 0.2) is 0 Å². The first-order valence-electron chi connectivity index (χ1n) is 12.2. The molecular weight excluding hydrogens is 408 g/mol. The van der Waals surface area contributed by atoms with Crippen molar-refractivity contribution >= 4 is 16.7 Å². The van der Waals surface area contributed by atoms with E-state index in [9.17, 15) is 4.79 Å². The number of fused-ring (bicyclic) bond motifs is 1. The van der Waals surface area contributed by atoms with Crippen LogP contribution in [0, 0.1) is 5.41 Å². The molecule has 3 aromatic carbocycles. The molecule has 0 amide bonds. The van der Waals surface area contributed by atoms with E-state index in [0.717, 1.165) is 51.9 Å². The molecule has 1 fully saturated rings. The molecule has 0 bridgehead atoms. The number of methoxy groups -OCH3 is 1. The molecule has 174 valence electrons. The molecule has 4 nitrogen and oxygen atoms in total. The lowest BCUT2D eigenvalue weighted by Crippen LogP contribution is -2.49. The topological polar surface area (TPSA) is 41.6 Å². The van der Waals surface area contributed by atoms with Gasteiger partial charge in [0.1, 0.15) is 0 Å². The van der Waals surface area contributed by atoms with Gasteiger partial charge in [0.2, 0.25) is 0 Å². The summed E-state index contributed by atoms with van der Waals surface area (Å²) in [7, 11) is 1.52. The van der Waals surface area contributed by atoms with E-state index in [0.29, 0.717) is 6.04 Å². The van der Waals surface area contributed by atoms with Crippen LogP contribution < -0.4 is 5.32 Å². The highest BCUT2D eigenvalue weighted by atomic mass is 16.5. The lowest BCUT2D eigenvalue weighted by atomic mass is 9.73. The van der Waals surface area contributed by atoms with E-state index >= 15 is 0 Å². The number of nitrogens with one attached hydrogen (secondary N) is 1. The second kappa shape index (κ2) is 11.0. The van der Waals surface area contributed by atoms with Crippen molar-refractivity contribution in [3.05, 3.63) is 83.9 Å². The molecule has 33 heavy (non-hydrogen) atoms. The minimum Gasteiger partial charge on any atom is -0.469 e. The second-order valence-corrected chi connectivity index (χ2v) is 9.40. The summed E-state index contributed by atoms with van der Waals surface area (Å²) in [5.41, 5.74) is 2.12. The smallest absolute Gasteiger partial charge is 0.312 e. The standard InChI is InChI=1S/C29H36N2O2/c1-3-27(30-21-24-13-14-25-11-7-8-12-26(25)19-24)22-31-17-15-29(16-18-31,28(32)33-2)20-23-9-5-4-6-10-23/h4-14,19,27,30H,3,15-18,20-22H2,1-2H3. The van der Waals surface area contributed by atoms with Crippen LogP contribution >= 0.6 is 0 Å². The van der Waals surface area contributed by atoms with Crippen LogP contribution in [0.15, 0.2) is 72.8 Å². The fourth-order valence-electron chi connectivity index (χ4n) is 5.08. The molecule has 0 saturated carbocycles. The molecule has 1 aliphatic heterocycles. The third kappa shape index (κ3) is 5.82. The minimum atomic E-state index is -0.410. The monoisotopic (exact) mass is 444 g/mol. The van der Waals surface area contributed by atoms with E-state index in [-0.39, 0.29) is 5.97 Å². The van der Waals surface area contributed by atoms with Gasteiger partial charge in [-0.15, -0.1) is 0 Å². The molecule has 3 aromatic rings. The van der Waals surface area contributed by atoms with E-state index in [1.165, 1.54) is 29.0 Å². The summed E-state index contributed by atoms with van der Waals surface area (Å²) >= 11 is 0. The van der Waals surface area contributed by atoms with Gasteiger partial charge in [-0.05, 0) is 66.7 Å². The average Bonchev–Trinajstić information content (AvgIpc) is 2.87. The molecule has 1 N–H and O–H groups in total. The van der Waals surface area contributed by atoms with Crippen LogP contribution in [0.1, 0.15) is 37.3 Å². The maximum atomic E-state index is 12.8. The number of carbonyl (C=O) groups excluding carboxylic acids is 1. The Hall–Kier alpha value is -2.69. The maximum Gasteiger partial charge on any atom is 0.312 e. The van der Waals surface area contributed by atoms with E-state index in [2.05, 4.69) is 71.7 Å². The van der Waals surface area contributed by atoms with E-state index < -0.39 is 5.41 Å². The Kier molecular flexibility index (Phi) is 7.79. The van der Waals surface area contributed by atoms with Gasteiger partial charge in [0, 0.05) is 19.1 Å².